The Morgan fingerprint density at radius 3 is 2.67 bits per heavy atom. The molecule has 0 bridgehead atoms. The third-order valence-corrected chi connectivity index (χ3v) is 3.39. The maximum atomic E-state index is 12.0. The molecule has 0 saturated carbocycles. The predicted octanol–water partition coefficient (Wildman–Crippen LogP) is 1.27. The summed E-state index contributed by atoms with van der Waals surface area (Å²) in [7, 11) is 0. The molecule has 1 aliphatic rings. The summed E-state index contributed by atoms with van der Waals surface area (Å²) in [6, 6.07) is 0.451. The zero-order chi connectivity index (χ0) is 15.3. The van der Waals surface area contributed by atoms with Crippen LogP contribution >= 0.6 is 0 Å². The van der Waals surface area contributed by atoms with Gasteiger partial charge < -0.3 is 15.0 Å². The maximum Gasteiger partial charge on any atom is 0.410 e. The summed E-state index contributed by atoms with van der Waals surface area (Å²) in [6.45, 7) is 8.84. The number of likely N-dealkylation sites (tertiary alicyclic amines) is 1. The lowest BCUT2D eigenvalue weighted by molar-refractivity contribution is 0.0198. The van der Waals surface area contributed by atoms with Crippen LogP contribution in [0, 0.1) is 0 Å². The van der Waals surface area contributed by atoms with Gasteiger partial charge in [-0.15, -0.1) is 5.10 Å². The van der Waals surface area contributed by atoms with Crippen LogP contribution in [0.1, 0.15) is 33.6 Å². The Morgan fingerprint density at radius 1 is 1.38 bits per heavy atom. The van der Waals surface area contributed by atoms with Gasteiger partial charge in [0, 0.05) is 31.9 Å². The molecule has 21 heavy (non-hydrogen) atoms. The van der Waals surface area contributed by atoms with Gasteiger partial charge in [0.05, 0.1) is 12.7 Å². The van der Waals surface area contributed by atoms with E-state index >= 15 is 0 Å². The molecule has 1 fully saturated rings. The van der Waals surface area contributed by atoms with E-state index in [4.69, 9.17) is 4.74 Å². The fourth-order valence-electron chi connectivity index (χ4n) is 2.33. The second kappa shape index (κ2) is 6.89. The summed E-state index contributed by atoms with van der Waals surface area (Å²) < 4.78 is 7.20. The molecule has 0 aromatic carbocycles. The molecular formula is C14H25N5O2. The standard InChI is InChI=1S/C14H25N5O2/c1-14(2,3)21-13(20)18-8-4-12(5-9-18)15-6-10-19-11-7-16-17-19/h7,11-12,15H,4-6,8-10H2,1-3H3. The molecule has 0 atom stereocenters. The van der Waals surface area contributed by atoms with E-state index < -0.39 is 5.60 Å². The van der Waals surface area contributed by atoms with Crippen molar-refractivity contribution < 1.29 is 9.53 Å². The smallest absolute Gasteiger partial charge is 0.410 e. The van der Waals surface area contributed by atoms with Gasteiger partial charge in [0.2, 0.25) is 0 Å². The second-order valence-electron chi connectivity index (χ2n) is 6.36. The lowest BCUT2D eigenvalue weighted by Gasteiger charge is -2.33. The highest BCUT2D eigenvalue weighted by atomic mass is 16.6. The molecule has 1 aromatic rings. The first-order valence-corrected chi connectivity index (χ1v) is 7.49. The number of piperidine rings is 1. The first kappa shape index (κ1) is 15.8. The predicted molar refractivity (Wildman–Crippen MR) is 78.9 cm³/mol. The maximum absolute atomic E-state index is 12.0. The van der Waals surface area contributed by atoms with E-state index in [0.717, 1.165) is 39.0 Å². The Hall–Kier alpha value is -1.63. The van der Waals surface area contributed by atoms with Gasteiger partial charge in [-0.25, -0.2) is 4.79 Å². The first-order valence-electron chi connectivity index (χ1n) is 7.49. The molecular weight excluding hydrogens is 270 g/mol. The van der Waals surface area contributed by atoms with E-state index in [-0.39, 0.29) is 6.09 Å². The minimum atomic E-state index is -0.427. The first-order chi connectivity index (χ1) is 9.94. The zero-order valence-electron chi connectivity index (χ0n) is 13.1. The van der Waals surface area contributed by atoms with Crippen LogP contribution in [0.2, 0.25) is 0 Å². The van der Waals surface area contributed by atoms with Gasteiger partial charge in [-0.1, -0.05) is 5.21 Å². The van der Waals surface area contributed by atoms with Crippen LogP contribution in [0.5, 0.6) is 0 Å². The van der Waals surface area contributed by atoms with E-state index in [1.807, 2.05) is 31.6 Å². The van der Waals surface area contributed by atoms with Crippen LogP contribution in [0.4, 0.5) is 4.79 Å². The summed E-state index contributed by atoms with van der Waals surface area (Å²) in [5, 5.41) is 11.2. The van der Waals surface area contributed by atoms with Gasteiger partial charge in [0.25, 0.3) is 0 Å². The van der Waals surface area contributed by atoms with Crippen molar-refractivity contribution in [1.29, 1.82) is 0 Å². The van der Waals surface area contributed by atoms with Gasteiger partial charge in [-0.2, -0.15) is 0 Å². The molecule has 2 rings (SSSR count). The minimum absolute atomic E-state index is 0.205. The Balaban J connectivity index is 1.65. The number of carbonyl (C=O) groups excluding carboxylic acids is 1. The average Bonchev–Trinajstić information content (AvgIpc) is 2.91. The molecule has 1 N–H and O–H groups in total. The van der Waals surface area contributed by atoms with Crippen molar-refractivity contribution >= 4 is 6.09 Å². The average molecular weight is 295 g/mol. The molecule has 1 amide bonds. The highest BCUT2D eigenvalue weighted by molar-refractivity contribution is 5.68. The summed E-state index contributed by atoms with van der Waals surface area (Å²) in [5.41, 5.74) is -0.427. The zero-order valence-corrected chi connectivity index (χ0v) is 13.1. The largest absolute Gasteiger partial charge is 0.444 e. The third-order valence-electron chi connectivity index (χ3n) is 3.39. The fourth-order valence-corrected chi connectivity index (χ4v) is 2.33. The number of nitrogens with zero attached hydrogens (tertiary/aromatic N) is 4. The summed E-state index contributed by atoms with van der Waals surface area (Å²) in [6.07, 6.45) is 5.24. The Morgan fingerprint density at radius 2 is 2.10 bits per heavy atom. The Kier molecular flexibility index (Phi) is 5.17. The van der Waals surface area contributed by atoms with Crippen LogP contribution in [0.25, 0.3) is 0 Å². The number of carbonyl (C=O) groups is 1. The van der Waals surface area contributed by atoms with Gasteiger partial charge in [0.15, 0.2) is 0 Å². The van der Waals surface area contributed by atoms with Crippen molar-refractivity contribution in [2.75, 3.05) is 19.6 Å². The highest BCUT2D eigenvalue weighted by Crippen LogP contribution is 2.15. The molecule has 0 spiro atoms. The van der Waals surface area contributed by atoms with Crippen LogP contribution in [0.15, 0.2) is 12.4 Å². The van der Waals surface area contributed by atoms with E-state index in [1.54, 1.807) is 11.1 Å². The van der Waals surface area contributed by atoms with Crippen LogP contribution in [0.3, 0.4) is 0 Å². The molecule has 1 saturated heterocycles. The number of nitrogens with one attached hydrogen (secondary N) is 1. The molecule has 1 aromatic heterocycles. The van der Waals surface area contributed by atoms with E-state index in [1.165, 1.54) is 0 Å². The minimum Gasteiger partial charge on any atom is -0.444 e. The Labute approximate surface area is 125 Å². The lowest BCUT2D eigenvalue weighted by atomic mass is 10.1. The number of amides is 1. The number of hydrogen-bond donors (Lipinski definition) is 1. The number of aromatic nitrogens is 3. The quantitative estimate of drug-likeness (QED) is 0.905. The van der Waals surface area contributed by atoms with Crippen molar-refractivity contribution in [1.82, 2.24) is 25.2 Å². The normalized spacial score (nSPS) is 17.0. The topological polar surface area (TPSA) is 72.3 Å². The van der Waals surface area contributed by atoms with Crippen molar-refractivity contribution in [2.45, 2.75) is 51.8 Å². The monoisotopic (exact) mass is 295 g/mol. The van der Waals surface area contributed by atoms with Gasteiger partial charge >= 0.3 is 6.09 Å². The van der Waals surface area contributed by atoms with E-state index in [2.05, 4.69) is 15.6 Å². The lowest BCUT2D eigenvalue weighted by Crippen LogP contribution is -2.47. The van der Waals surface area contributed by atoms with E-state index in [0.29, 0.717) is 6.04 Å². The van der Waals surface area contributed by atoms with Crippen molar-refractivity contribution in [3.05, 3.63) is 12.4 Å². The molecule has 0 radical (unpaired) electrons. The molecule has 7 heteroatoms. The molecule has 2 heterocycles. The number of hydrogen-bond acceptors (Lipinski definition) is 5. The Bertz CT molecular complexity index is 433. The van der Waals surface area contributed by atoms with Crippen molar-refractivity contribution in [3.8, 4) is 0 Å². The molecule has 7 nitrogen and oxygen atoms in total. The molecule has 0 aliphatic carbocycles. The van der Waals surface area contributed by atoms with Gasteiger partial charge in [-0.05, 0) is 33.6 Å². The molecule has 1 aliphatic heterocycles. The number of ether oxygens (including phenoxy) is 1. The summed E-state index contributed by atoms with van der Waals surface area (Å²) in [4.78, 5) is 13.7. The molecule has 0 unspecified atom stereocenters. The third kappa shape index (κ3) is 5.34. The summed E-state index contributed by atoms with van der Waals surface area (Å²) in [5.74, 6) is 0. The van der Waals surface area contributed by atoms with E-state index in [9.17, 15) is 4.79 Å². The molecule has 118 valence electrons. The van der Waals surface area contributed by atoms with Crippen LogP contribution in [-0.2, 0) is 11.3 Å². The van der Waals surface area contributed by atoms with Crippen molar-refractivity contribution in [2.24, 2.45) is 0 Å². The second-order valence-corrected chi connectivity index (χ2v) is 6.36. The van der Waals surface area contributed by atoms with Crippen molar-refractivity contribution in [3.63, 3.8) is 0 Å². The van der Waals surface area contributed by atoms with Gasteiger partial charge in [0.1, 0.15) is 5.60 Å². The number of rotatable bonds is 4. The highest BCUT2D eigenvalue weighted by Gasteiger charge is 2.26. The SMILES string of the molecule is CC(C)(C)OC(=O)N1CCC(NCCn2ccnn2)CC1. The van der Waals surface area contributed by atoms with Crippen LogP contribution < -0.4 is 5.32 Å². The van der Waals surface area contributed by atoms with Crippen LogP contribution in [-0.4, -0.2) is 57.3 Å². The fraction of sp³-hybridized carbons (Fsp3) is 0.786. The van der Waals surface area contributed by atoms with Gasteiger partial charge in [-0.3, -0.25) is 4.68 Å². The summed E-state index contributed by atoms with van der Waals surface area (Å²) >= 11 is 0.